The van der Waals surface area contributed by atoms with Crippen molar-refractivity contribution in [3.8, 4) is 0 Å². The predicted molar refractivity (Wildman–Crippen MR) is 148 cm³/mol. The first-order valence-corrected chi connectivity index (χ1v) is 13.3. The number of aryl methyl sites for hydroxylation is 2. The molecule has 0 bridgehead atoms. The van der Waals surface area contributed by atoms with Gasteiger partial charge in [0.15, 0.2) is 0 Å². The highest BCUT2D eigenvalue weighted by atomic mass is 16.1. The van der Waals surface area contributed by atoms with Gasteiger partial charge in [0.1, 0.15) is 0 Å². The number of piperidine rings is 1. The summed E-state index contributed by atoms with van der Waals surface area (Å²) in [5.74, 6) is 0.796. The molecule has 4 aromatic rings. The highest BCUT2D eigenvalue weighted by Gasteiger charge is 2.20. The average molecular weight is 480 g/mol. The van der Waals surface area contributed by atoms with Gasteiger partial charge >= 0.3 is 0 Å². The Hall–Kier alpha value is -3.37. The van der Waals surface area contributed by atoms with Crippen LogP contribution in [0.3, 0.4) is 0 Å². The van der Waals surface area contributed by atoms with E-state index in [0.29, 0.717) is 6.54 Å². The summed E-state index contributed by atoms with van der Waals surface area (Å²) in [4.78, 5) is 15.7. The fraction of sp³-hybridized carbons (Fsp3) is 0.344. The lowest BCUT2D eigenvalue weighted by molar-refractivity contribution is 0.0952. The first-order chi connectivity index (χ1) is 17.7. The summed E-state index contributed by atoms with van der Waals surface area (Å²) in [6.45, 7) is 7.04. The molecule has 3 aromatic carbocycles. The summed E-state index contributed by atoms with van der Waals surface area (Å²) in [5.41, 5.74) is 5.70. The van der Waals surface area contributed by atoms with Crippen molar-refractivity contribution in [2.24, 2.45) is 5.92 Å². The minimum absolute atomic E-state index is 0.00746. The van der Waals surface area contributed by atoms with Crippen molar-refractivity contribution in [3.63, 3.8) is 0 Å². The van der Waals surface area contributed by atoms with Gasteiger partial charge in [-0.05, 0) is 75.4 Å². The van der Waals surface area contributed by atoms with Crippen LogP contribution in [0.5, 0.6) is 0 Å². The number of carbonyl (C=O) groups excluding carboxylic acids is 1. The lowest BCUT2D eigenvalue weighted by Gasteiger charge is -2.32. The van der Waals surface area contributed by atoms with Gasteiger partial charge in [0, 0.05) is 30.2 Å². The molecule has 1 saturated heterocycles. The van der Waals surface area contributed by atoms with Gasteiger partial charge in [-0.15, -0.1) is 0 Å². The van der Waals surface area contributed by atoms with Crippen LogP contribution in [0, 0.1) is 12.8 Å². The standard InChI is InChI=1S/C32H37N3O/c1-25-9-7-12-28(21-25)23-33-32(36)30-24-35(31-14-6-5-13-29(30)31)18-8-17-34-19-15-27(16-20-34)22-26-10-3-2-4-11-26/h2-7,9-14,21,24,27H,8,15-20,22-23H2,1H3,(H,33,36). The summed E-state index contributed by atoms with van der Waals surface area (Å²) >= 11 is 0. The fourth-order valence-corrected chi connectivity index (χ4v) is 5.54. The van der Waals surface area contributed by atoms with Gasteiger partial charge in [-0.2, -0.15) is 0 Å². The Labute approximate surface area is 214 Å². The van der Waals surface area contributed by atoms with Crippen LogP contribution in [0.1, 0.15) is 46.3 Å². The van der Waals surface area contributed by atoms with Crippen molar-refractivity contribution >= 4 is 16.8 Å². The molecule has 0 spiro atoms. The van der Waals surface area contributed by atoms with Crippen LogP contribution in [-0.4, -0.2) is 35.0 Å². The first kappa shape index (κ1) is 24.3. The molecule has 4 nitrogen and oxygen atoms in total. The van der Waals surface area contributed by atoms with E-state index < -0.39 is 0 Å². The van der Waals surface area contributed by atoms with Crippen molar-refractivity contribution in [3.05, 3.63) is 107 Å². The van der Waals surface area contributed by atoms with Gasteiger partial charge in [-0.1, -0.05) is 78.4 Å². The van der Waals surface area contributed by atoms with Gasteiger partial charge in [-0.3, -0.25) is 4.79 Å². The molecular formula is C32H37N3O. The Kier molecular flexibility index (Phi) is 7.82. The van der Waals surface area contributed by atoms with E-state index in [-0.39, 0.29) is 5.91 Å². The number of amides is 1. The molecule has 0 saturated carbocycles. The number of benzene rings is 3. The van der Waals surface area contributed by atoms with Crippen LogP contribution >= 0.6 is 0 Å². The van der Waals surface area contributed by atoms with Crippen LogP contribution in [0.15, 0.2) is 85.1 Å². The molecule has 36 heavy (non-hydrogen) atoms. The molecular weight excluding hydrogens is 442 g/mol. The summed E-state index contributed by atoms with van der Waals surface area (Å²) in [5, 5.41) is 4.15. The predicted octanol–water partition coefficient (Wildman–Crippen LogP) is 6.22. The Balaban J connectivity index is 1.14. The molecule has 1 aromatic heterocycles. The second kappa shape index (κ2) is 11.6. The van der Waals surface area contributed by atoms with Crippen molar-refractivity contribution in [2.45, 2.75) is 45.7 Å². The third-order valence-electron chi connectivity index (χ3n) is 7.52. The molecule has 1 aliphatic rings. The van der Waals surface area contributed by atoms with Gasteiger partial charge in [-0.25, -0.2) is 0 Å². The fourth-order valence-electron chi connectivity index (χ4n) is 5.54. The molecule has 4 heteroatoms. The summed E-state index contributed by atoms with van der Waals surface area (Å²) in [7, 11) is 0. The van der Waals surface area contributed by atoms with Crippen LogP contribution in [0.2, 0.25) is 0 Å². The van der Waals surface area contributed by atoms with Gasteiger partial charge in [0.05, 0.1) is 5.56 Å². The maximum Gasteiger partial charge on any atom is 0.253 e. The maximum absolute atomic E-state index is 13.1. The molecule has 2 heterocycles. The van der Waals surface area contributed by atoms with Crippen LogP contribution < -0.4 is 5.32 Å². The molecule has 0 aliphatic carbocycles. The topological polar surface area (TPSA) is 37.3 Å². The number of likely N-dealkylation sites (tertiary alicyclic amines) is 1. The summed E-state index contributed by atoms with van der Waals surface area (Å²) in [6, 6.07) is 27.5. The highest BCUT2D eigenvalue weighted by Crippen LogP contribution is 2.24. The molecule has 0 radical (unpaired) electrons. The number of nitrogens with zero attached hydrogens (tertiary/aromatic N) is 2. The van der Waals surface area contributed by atoms with Gasteiger partial charge < -0.3 is 14.8 Å². The zero-order valence-electron chi connectivity index (χ0n) is 21.3. The van der Waals surface area contributed by atoms with Gasteiger partial charge in [0.25, 0.3) is 5.91 Å². The average Bonchev–Trinajstić information content (AvgIpc) is 3.28. The number of carbonyl (C=O) groups is 1. The van der Waals surface area contributed by atoms with Crippen LogP contribution in [-0.2, 0) is 19.5 Å². The smallest absolute Gasteiger partial charge is 0.253 e. The van der Waals surface area contributed by atoms with Crippen LogP contribution in [0.25, 0.3) is 10.9 Å². The molecule has 1 aliphatic heterocycles. The third-order valence-corrected chi connectivity index (χ3v) is 7.52. The van der Waals surface area contributed by atoms with E-state index in [1.165, 1.54) is 43.5 Å². The summed E-state index contributed by atoms with van der Waals surface area (Å²) < 4.78 is 2.26. The Morgan fingerprint density at radius 3 is 2.44 bits per heavy atom. The number of nitrogens with one attached hydrogen (secondary N) is 1. The van der Waals surface area contributed by atoms with Crippen molar-refractivity contribution in [1.82, 2.24) is 14.8 Å². The molecule has 5 rings (SSSR count). The number of hydrogen-bond donors (Lipinski definition) is 1. The zero-order valence-corrected chi connectivity index (χ0v) is 21.3. The molecule has 1 fully saturated rings. The zero-order chi connectivity index (χ0) is 24.7. The van der Waals surface area contributed by atoms with Crippen molar-refractivity contribution in [1.29, 1.82) is 0 Å². The van der Waals surface area contributed by atoms with E-state index in [2.05, 4.69) is 88.4 Å². The van der Waals surface area contributed by atoms with E-state index in [1.54, 1.807) is 0 Å². The van der Waals surface area contributed by atoms with E-state index in [9.17, 15) is 4.79 Å². The van der Waals surface area contributed by atoms with E-state index in [0.717, 1.165) is 47.5 Å². The number of rotatable bonds is 9. The second-order valence-electron chi connectivity index (χ2n) is 10.3. The lowest BCUT2D eigenvalue weighted by atomic mass is 9.90. The SMILES string of the molecule is Cc1cccc(CNC(=O)c2cn(CCCN3CCC(Cc4ccccc4)CC3)c3ccccc23)c1. The third kappa shape index (κ3) is 6.06. The van der Waals surface area contributed by atoms with Crippen molar-refractivity contribution in [2.75, 3.05) is 19.6 Å². The molecule has 0 unspecified atom stereocenters. The molecule has 1 N–H and O–H groups in total. The molecule has 0 atom stereocenters. The Morgan fingerprint density at radius 1 is 0.889 bits per heavy atom. The van der Waals surface area contributed by atoms with E-state index >= 15 is 0 Å². The molecule has 186 valence electrons. The number of aromatic nitrogens is 1. The number of fused-ring (bicyclic) bond motifs is 1. The molecule has 1 amide bonds. The monoisotopic (exact) mass is 479 g/mol. The first-order valence-electron chi connectivity index (χ1n) is 13.3. The summed E-state index contributed by atoms with van der Waals surface area (Å²) in [6.07, 6.45) is 6.91. The maximum atomic E-state index is 13.1. The minimum atomic E-state index is -0.00746. The van der Waals surface area contributed by atoms with Gasteiger partial charge in [0.2, 0.25) is 0 Å². The van der Waals surface area contributed by atoms with Crippen LogP contribution in [0.4, 0.5) is 0 Å². The van der Waals surface area contributed by atoms with E-state index in [4.69, 9.17) is 0 Å². The Bertz CT molecular complexity index is 1290. The second-order valence-corrected chi connectivity index (χ2v) is 10.3. The Morgan fingerprint density at radius 2 is 1.64 bits per heavy atom. The largest absolute Gasteiger partial charge is 0.348 e. The quantitative estimate of drug-likeness (QED) is 0.309. The van der Waals surface area contributed by atoms with Crippen molar-refractivity contribution < 1.29 is 4.79 Å². The minimum Gasteiger partial charge on any atom is -0.348 e. The number of para-hydroxylation sites is 1. The van der Waals surface area contributed by atoms with E-state index in [1.807, 2.05) is 18.3 Å². The normalized spacial score (nSPS) is 14.8. The lowest BCUT2D eigenvalue weighted by Crippen LogP contribution is -2.35. The highest BCUT2D eigenvalue weighted by molar-refractivity contribution is 6.07. The number of hydrogen-bond acceptors (Lipinski definition) is 2.